The zero-order valence-corrected chi connectivity index (χ0v) is 10.5. The summed E-state index contributed by atoms with van der Waals surface area (Å²) in [4.78, 5) is 21.8. The molecule has 2 amide bonds. The number of hydrogen-bond acceptors (Lipinski definition) is 3. The number of amides is 2. The summed E-state index contributed by atoms with van der Waals surface area (Å²) in [6.07, 6.45) is -0.112. The van der Waals surface area contributed by atoms with Gasteiger partial charge in [-0.1, -0.05) is 12.1 Å². The van der Waals surface area contributed by atoms with Crippen LogP contribution in [0.25, 0.3) is 0 Å². The molecular formula is C13H15N3O3. The molecule has 3 N–H and O–H groups in total. The Balaban J connectivity index is 2.45. The summed E-state index contributed by atoms with van der Waals surface area (Å²) < 4.78 is 0. The van der Waals surface area contributed by atoms with Gasteiger partial charge in [-0.15, -0.1) is 0 Å². The average Bonchev–Trinajstić information content (AvgIpc) is 2.38. The van der Waals surface area contributed by atoms with E-state index in [2.05, 4.69) is 10.6 Å². The van der Waals surface area contributed by atoms with Gasteiger partial charge in [0.1, 0.15) is 0 Å². The maximum absolute atomic E-state index is 11.5. The minimum Gasteiger partial charge on any atom is -0.481 e. The van der Waals surface area contributed by atoms with Crippen molar-refractivity contribution in [2.45, 2.75) is 19.4 Å². The van der Waals surface area contributed by atoms with E-state index < -0.39 is 12.0 Å². The molecule has 1 aromatic carbocycles. The van der Waals surface area contributed by atoms with Crippen LogP contribution < -0.4 is 10.6 Å². The summed E-state index contributed by atoms with van der Waals surface area (Å²) in [5.41, 5.74) is 1.43. The highest BCUT2D eigenvalue weighted by molar-refractivity contribution is 5.75. The van der Waals surface area contributed by atoms with Gasteiger partial charge in [0.15, 0.2) is 0 Å². The lowest BCUT2D eigenvalue weighted by atomic mass is 10.1. The van der Waals surface area contributed by atoms with E-state index in [1.54, 1.807) is 31.2 Å². The molecule has 0 saturated carbocycles. The number of carbonyl (C=O) groups is 2. The third-order valence-corrected chi connectivity index (χ3v) is 2.51. The van der Waals surface area contributed by atoms with E-state index in [0.717, 1.165) is 5.56 Å². The van der Waals surface area contributed by atoms with Gasteiger partial charge in [-0.2, -0.15) is 5.26 Å². The summed E-state index contributed by atoms with van der Waals surface area (Å²) in [5, 5.41) is 22.2. The number of nitriles is 1. The van der Waals surface area contributed by atoms with Crippen molar-refractivity contribution in [3.8, 4) is 6.07 Å². The molecule has 0 aliphatic carbocycles. The average molecular weight is 261 g/mol. The fraction of sp³-hybridized carbons (Fsp3) is 0.308. The molecule has 1 unspecified atom stereocenters. The van der Waals surface area contributed by atoms with Gasteiger partial charge in [0.2, 0.25) is 0 Å². The number of rotatable bonds is 5. The molecule has 0 aliphatic heterocycles. The first kappa shape index (κ1) is 14.5. The lowest BCUT2D eigenvalue weighted by molar-refractivity contribution is -0.136. The van der Waals surface area contributed by atoms with Gasteiger partial charge in [0, 0.05) is 6.54 Å². The van der Waals surface area contributed by atoms with E-state index in [4.69, 9.17) is 10.4 Å². The van der Waals surface area contributed by atoms with Gasteiger partial charge < -0.3 is 15.7 Å². The van der Waals surface area contributed by atoms with E-state index in [1.165, 1.54) is 0 Å². The number of aliphatic carboxylic acids is 1. The molecule has 0 radical (unpaired) electrons. The molecule has 0 spiro atoms. The summed E-state index contributed by atoms with van der Waals surface area (Å²) in [6, 6.07) is 8.26. The zero-order valence-electron chi connectivity index (χ0n) is 10.5. The quantitative estimate of drug-likeness (QED) is 0.745. The van der Waals surface area contributed by atoms with Gasteiger partial charge >= 0.3 is 12.0 Å². The third-order valence-electron chi connectivity index (χ3n) is 2.51. The normalized spacial score (nSPS) is 11.2. The van der Waals surface area contributed by atoms with Crippen LogP contribution in [0.4, 0.5) is 4.79 Å². The fourth-order valence-electron chi connectivity index (χ4n) is 1.46. The molecule has 19 heavy (non-hydrogen) atoms. The monoisotopic (exact) mass is 261 g/mol. The van der Waals surface area contributed by atoms with E-state index in [-0.39, 0.29) is 19.0 Å². The number of carbonyl (C=O) groups excluding carboxylic acids is 1. The van der Waals surface area contributed by atoms with E-state index >= 15 is 0 Å². The van der Waals surface area contributed by atoms with Crippen LogP contribution in [0.5, 0.6) is 0 Å². The van der Waals surface area contributed by atoms with Crippen molar-refractivity contribution in [1.29, 1.82) is 5.26 Å². The molecule has 0 aliphatic rings. The number of urea groups is 1. The Morgan fingerprint density at radius 1 is 1.37 bits per heavy atom. The zero-order chi connectivity index (χ0) is 14.3. The Bertz CT molecular complexity index is 491. The Hall–Kier alpha value is -2.55. The molecular weight excluding hydrogens is 246 g/mol. The highest BCUT2D eigenvalue weighted by atomic mass is 16.4. The predicted molar refractivity (Wildman–Crippen MR) is 68.4 cm³/mol. The Morgan fingerprint density at radius 2 is 2.00 bits per heavy atom. The minimum absolute atomic E-state index is 0.0846. The molecule has 0 heterocycles. The second-order valence-corrected chi connectivity index (χ2v) is 4.00. The van der Waals surface area contributed by atoms with Crippen LogP contribution in [-0.2, 0) is 4.79 Å². The number of nitrogens with one attached hydrogen (secondary N) is 2. The molecule has 1 aromatic rings. The van der Waals surface area contributed by atoms with Crippen molar-refractivity contribution in [3.05, 3.63) is 35.4 Å². The van der Waals surface area contributed by atoms with Crippen molar-refractivity contribution >= 4 is 12.0 Å². The number of benzene rings is 1. The maximum Gasteiger partial charge on any atom is 0.315 e. The first-order valence-electron chi connectivity index (χ1n) is 5.79. The van der Waals surface area contributed by atoms with E-state index in [1.807, 2.05) is 6.07 Å². The number of nitrogens with zero attached hydrogens (tertiary/aromatic N) is 1. The van der Waals surface area contributed by atoms with Crippen molar-refractivity contribution in [1.82, 2.24) is 10.6 Å². The van der Waals surface area contributed by atoms with Gasteiger partial charge in [-0.25, -0.2) is 4.79 Å². The Kier molecular flexibility index (Phi) is 5.35. The second-order valence-electron chi connectivity index (χ2n) is 4.00. The summed E-state index contributed by atoms with van der Waals surface area (Å²) in [5.74, 6) is -0.958. The topological polar surface area (TPSA) is 102 Å². The van der Waals surface area contributed by atoms with E-state index in [9.17, 15) is 9.59 Å². The lowest BCUT2D eigenvalue weighted by Crippen LogP contribution is -2.38. The number of carboxylic acids is 1. The minimum atomic E-state index is -0.958. The summed E-state index contributed by atoms with van der Waals surface area (Å²) >= 11 is 0. The molecule has 1 rings (SSSR count). The fourth-order valence-corrected chi connectivity index (χ4v) is 1.46. The standard InChI is InChI=1S/C13H15N3O3/c1-9(11-4-2-10(8-14)3-5-11)16-13(19)15-7-6-12(17)18/h2-5,9H,6-7H2,1H3,(H,17,18)(H2,15,16,19). The predicted octanol–water partition coefficient (Wildman–Crippen LogP) is 1.39. The summed E-state index contributed by atoms with van der Waals surface area (Å²) in [6.45, 7) is 1.89. The van der Waals surface area contributed by atoms with Gasteiger partial charge in [-0.05, 0) is 24.6 Å². The third kappa shape index (κ3) is 5.08. The van der Waals surface area contributed by atoms with Crippen molar-refractivity contribution < 1.29 is 14.7 Å². The molecule has 0 bridgehead atoms. The molecule has 6 heteroatoms. The lowest BCUT2D eigenvalue weighted by Gasteiger charge is -2.14. The van der Waals surface area contributed by atoms with Crippen LogP contribution in [-0.4, -0.2) is 23.7 Å². The molecule has 1 atom stereocenters. The highest BCUT2D eigenvalue weighted by Crippen LogP contribution is 2.12. The first-order valence-corrected chi connectivity index (χ1v) is 5.79. The smallest absolute Gasteiger partial charge is 0.315 e. The Morgan fingerprint density at radius 3 is 2.53 bits per heavy atom. The molecule has 0 saturated heterocycles. The van der Waals surface area contributed by atoms with E-state index in [0.29, 0.717) is 5.56 Å². The van der Waals surface area contributed by atoms with Crippen molar-refractivity contribution in [2.75, 3.05) is 6.54 Å². The van der Waals surface area contributed by atoms with Crippen LogP contribution in [0.2, 0.25) is 0 Å². The first-order chi connectivity index (χ1) is 9.02. The van der Waals surface area contributed by atoms with Crippen molar-refractivity contribution in [2.24, 2.45) is 0 Å². The second kappa shape index (κ2) is 7.01. The van der Waals surface area contributed by atoms with Gasteiger partial charge in [0.25, 0.3) is 0 Å². The van der Waals surface area contributed by atoms with Gasteiger partial charge in [0.05, 0.1) is 24.1 Å². The van der Waals surface area contributed by atoms with Crippen LogP contribution in [0, 0.1) is 11.3 Å². The molecule has 0 aromatic heterocycles. The maximum atomic E-state index is 11.5. The Labute approximate surface area is 111 Å². The molecule has 100 valence electrons. The van der Waals surface area contributed by atoms with Crippen LogP contribution in [0.1, 0.15) is 30.5 Å². The van der Waals surface area contributed by atoms with Crippen LogP contribution in [0.3, 0.4) is 0 Å². The molecule has 0 fully saturated rings. The number of carboxylic acid groups (broad SMARTS) is 1. The number of hydrogen-bond donors (Lipinski definition) is 3. The largest absolute Gasteiger partial charge is 0.481 e. The molecule has 6 nitrogen and oxygen atoms in total. The summed E-state index contributed by atoms with van der Waals surface area (Å²) in [7, 11) is 0. The SMILES string of the molecule is CC(NC(=O)NCCC(=O)O)c1ccc(C#N)cc1. The van der Waals surface area contributed by atoms with Gasteiger partial charge in [-0.3, -0.25) is 4.79 Å². The van der Waals surface area contributed by atoms with Crippen LogP contribution in [0.15, 0.2) is 24.3 Å². The highest BCUT2D eigenvalue weighted by Gasteiger charge is 2.09. The van der Waals surface area contributed by atoms with Crippen LogP contribution >= 0.6 is 0 Å². The van der Waals surface area contributed by atoms with Crippen molar-refractivity contribution in [3.63, 3.8) is 0 Å².